The minimum absolute atomic E-state index is 0.182. The number of alkyl halides is 3. The van der Waals surface area contributed by atoms with Gasteiger partial charge in [0.2, 0.25) is 11.8 Å². The number of hydrazine groups is 1. The van der Waals surface area contributed by atoms with Gasteiger partial charge in [-0.1, -0.05) is 0 Å². The zero-order chi connectivity index (χ0) is 15.5. The molecule has 6 nitrogen and oxygen atoms in total. The van der Waals surface area contributed by atoms with Gasteiger partial charge in [0.15, 0.2) is 5.69 Å². The first-order valence-electron chi connectivity index (χ1n) is 5.85. The number of nitrogens with zero attached hydrogens (tertiary/aromatic N) is 3. The van der Waals surface area contributed by atoms with Crippen LogP contribution in [0.15, 0.2) is 11.6 Å². The third-order valence-electron chi connectivity index (χ3n) is 2.55. The molecule has 2 rings (SSSR count). The summed E-state index contributed by atoms with van der Waals surface area (Å²) >= 11 is 1.46. The quantitative estimate of drug-likeness (QED) is 0.649. The Balaban J connectivity index is 2.07. The van der Waals surface area contributed by atoms with Gasteiger partial charge in [0.05, 0.1) is 17.8 Å². The van der Waals surface area contributed by atoms with E-state index in [4.69, 9.17) is 10.6 Å². The van der Waals surface area contributed by atoms with E-state index in [2.05, 4.69) is 15.0 Å². The molecule has 0 radical (unpaired) electrons. The largest absolute Gasteiger partial charge is 0.477 e. The van der Waals surface area contributed by atoms with E-state index in [1.54, 1.807) is 5.51 Å². The smallest absolute Gasteiger partial charge is 0.433 e. The second-order valence-electron chi connectivity index (χ2n) is 4.02. The molecule has 0 amide bonds. The molecule has 0 atom stereocenters. The summed E-state index contributed by atoms with van der Waals surface area (Å²) in [6.07, 6.45) is -4.06. The van der Waals surface area contributed by atoms with Gasteiger partial charge < -0.3 is 4.74 Å². The van der Waals surface area contributed by atoms with Crippen LogP contribution in [0.5, 0.6) is 5.88 Å². The third kappa shape index (κ3) is 4.02. The molecule has 0 saturated heterocycles. The maximum atomic E-state index is 12.7. The van der Waals surface area contributed by atoms with Crippen molar-refractivity contribution >= 4 is 17.3 Å². The van der Waals surface area contributed by atoms with E-state index < -0.39 is 11.9 Å². The van der Waals surface area contributed by atoms with Crippen LogP contribution in [0.4, 0.5) is 19.1 Å². The van der Waals surface area contributed by atoms with Crippen molar-refractivity contribution in [3.63, 3.8) is 0 Å². The number of aryl methyl sites for hydroxylation is 1. The fourth-order valence-electron chi connectivity index (χ4n) is 1.52. The highest BCUT2D eigenvalue weighted by atomic mass is 32.1. The first-order chi connectivity index (χ1) is 9.90. The SMILES string of the molecule is Cc1ncsc1CCOc1cc(C(F)(F)F)nc(NN)n1. The van der Waals surface area contributed by atoms with Crippen molar-refractivity contribution in [3.8, 4) is 5.88 Å². The molecular weight excluding hydrogens is 307 g/mol. The number of halogens is 3. The van der Waals surface area contributed by atoms with E-state index in [1.165, 1.54) is 11.3 Å². The average molecular weight is 319 g/mol. The van der Waals surface area contributed by atoms with Crippen LogP contribution < -0.4 is 16.0 Å². The Morgan fingerprint density at radius 3 is 2.71 bits per heavy atom. The Morgan fingerprint density at radius 2 is 2.14 bits per heavy atom. The summed E-state index contributed by atoms with van der Waals surface area (Å²) < 4.78 is 43.2. The molecule has 0 aliphatic heterocycles. The van der Waals surface area contributed by atoms with Gasteiger partial charge in [-0.2, -0.15) is 18.2 Å². The van der Waals surface area contributed by atoms with Crippen LogP contribution in [0.1, 0.15) is 16.3 Å². The van der Waals surface area contributed by atoms with Gasteiger partial charge >= 0.3 is 6.18 Å². The number of rotatable bonds is 5. The Kier molecular flexibility index (Phi) is 4.58. The minimum atomic E-state index is -4.60. The number of hydrogen-bond acceptors (Lipinski definition) is 7. The lowest BCUT2D eigenvalue weighted by atomic mass is 10.3. The number of anilines is 1. The van der Waals surface area contributed by atoms with Crippen molar-refractivity contribution in [1.82, 2.24) is 15.0 Å². The molecule has 0 unspecified atom stereocenters. The fourth-order valence-corrected chi connectivity index (χ4v) is 2.29. The van der Waals surface area contributed by atoms with Crippen molar-refractivity contribution in [2.45, 2.75) is 19.5 Å². The summed E-state index contributed by atoms with van der Waals surface area (Å²) in [4.78, 5) is 12.0. The normalized spacial score (nSPS) is 11.5. The summed E-state index contributed by atoms with van der Waals surface area (Å²) in [5.41, 5.74) is 3.45. The number of ether oxygens (including phenoxy) is 1. The van der Waals surface area contributed by atoms with Crippen molar-refractivity contribution in [1.29, 1.82) is 0 Å². The number of hydrogen-bond donors (Lipinski definition) is 2. The van der Waals surface area contributed by atoms with E-state index in [9.17, 15) is 13.2 Å². The second kappa shape index (κ2) is 6.22. The fraction of sp³-hybridized carbons (Fsp3) is 0.364. The molecule has 114 valence electrons. The molecule has 10 heteroatoms. The topological polar surface area (TPSA) is 86.0 Å². The van der Waals surface area contributed by atoms with Gasteiger partial charge in [-0.15, -0.1) is 11.3 Å². The molecule has 0 aliphatic rings. The number of thiazole rings is 1. The predicted octanol–water partition coefficient (Wildman–Crippen LogP) is 2.17. The molecule has 0 bridgehead atoms. The van der Waals surface area contributed by atoms with Crippen molar-refractivity contribution in [2.75, 3.05) is 12.0 Å². The monoisotopic (exact) mass is 319 g/mol. The van der Waals surface area contributed by atoms with Crippen LogP contribution in [0, 0.1) is 6.92 Å². The first-order valence-corrected chi connectivity index (χ1v) is 6.73. The highest BCUT2D eigenvalue weighted by molar-refractivity contribution is 7.09. The average Bonchev–Trinajstić information content (AvgIpc) is 2.83. The van der Waals surface area contributed by atoms with E-state index in [1.807, 2.05) is 12.3 Å². The lowest BCUT2D eigenvalue weighted by Gasteiger charge is -2.10. The van der Waals surface area contributed by atoms with Gasteiger partial charge in [-0.25, -0.2) is 15.8 Å². The summed E-state index contributed by atoms with van der Waals surface area (Å²) in [5, 5.41) is 0. The van der Waals surface area contributed by atoms with Crippen LogP contribution in [-0.2, 0) is 12.6 Å². The Labute approximate surface area is 122 Å². The molecular formula is C11H12F3N5OS. The number of nitrogens with one attached hydrogen (secondary N) is 1. The molecule has 2 heterocycles. The summed E-state index contributed by atoms with van der Waals surface area (Å²) in [7, 11) is 0. The van der Waals surface area contributed by atoms with Crippen LogP contribution >= 0.6 is 11.3 Å². The van der Waals surface area contributed by atoms with Gasteiger partial charge in [-0.3, -0.25) is 5.43 Å². The Hall–Kier alpha value is -1.94. The second-order valence-corrected chi connectivity index (χ2v) is 4.96. The van der Waals surface area contributed by atoms with Crippen LogP contribution in [0.2, 0.25) is 0 Å². The molecule has 0 fully saturated rings. The highest BCUT2D eigenvalue weighted by Crippen LogP contribution is 2.30. The highest BCUT2D eigenvalue weighted by Gasteiger charge is 2.34. The zero-order valence-corrected chi connectivity index (χ0v) is 11.8. The van der Waals surface area contributed by atoms with Gasteiger partial charge in [0.25, 0.3) is 0 Å². The molecule has 0 saturated carbocycles. The number of nitrogens with two attached hydrogens (primary N) is 1. The van der Waals surface area contributed by atoms with Crippen LogP contribution in [0.25, 0.3) is 0 Å². The lowest BCUT2D eigenvalue weighted by molar-refractivity contribution is -0.141. The summed E-state index contributed by atoms with van der Waals surface area (Å²) in [6, 6.07) is 0.736. The molecule has 21 heavy (non-hydrogen) atoms. The van der Waals surface area contributed by atoms with Crippen molar-refractivity contribution in [2.24, 2.45) is 5.84 Å². The Bertz CT molecular complexity index is 616. The van der Waals surface area contributed by atoms with E-state index in [0.29, 0.717) is 6.42 Å². The van der Waals surface area contributed by atoms with E-state index in [0.717, 1.165) is 16.6 Å². The third-order valence-corrected chi connectivity index (χ3v) is 3.54. The van der Waals surface area contributed by atoms with Gasteiger partial charge in [0, 0.05) is 17.4 Å². The minimum Gasteiger partial charge on any atom is -0.477 e. The van der Waals surface area contributed by atoms with E-state index >= 15 is 0 Å². The summed E-state index contributed by atoms with van der Waals surface area (Å²) in [5.74, 6) is 4.51. The Morgan fingerprint density at radius 1 is 1.38 bits per heavy atom. The molecule has 3 N–H and O–H groups in total. The van der Waals surface area contributed by atoms with Gasteiger partial charge in [0.1, 0.15) is 0 Å². The standard InChI is InChI=1S/C11H12F3N5OS/c1-6-7(21-5-16-6)2-3-20-9-4-8(11(12,13)14)17-10(18-9)19-15/h4-5H,2-3,15H2,1H3,(H,17,18,19). The van der Waals surface area contributed by atoms with Gasteiger partial charge in [-0.05, 0) is 6.92 Å². The summed E-state index contributed by atoms with van der Waals surface area (Å²) in [6.45, 7) is 2.04. The molecule has 2 aromatic heterocycles. The number of aromatic nitrogens is 3. The van der Waals surface area contributed by atoms with Crippen LogP contribution in [-0.4, -0.2) is 21.6 Å². The maximum Gasteiger partial charge on any atom is 0.433 e. The zero-order valence-electron chi connectivity index (χ0n) is 10.9. The van der Waals surface area contributed by atoms with Crippen molar-refractivity contribution in [3.05, 3.63) is 27.8 Å². The molecule has 0 spiro atoms. The molecule has 0 aromatic carbocycles. The molecule has 2 aromatic rings. The lowest BCUT2D eigenvalue weighted by Crippen LogP contribution is -2.16. The predicted molar refractivity (Wildman–Crippen MR) is 70.9 cm³/mol. The first kappa shape index (κ1) is 15.4. The van der Waals surface area contributed by atoms with Crippen LogP contribution in [0.3, 0.4) is 0 Å². The van der Waals surface area contributed by atoms with Crippen molar-refractivity contribution < 1.29 is 17.9 Å². The van der Waals surface area contributed by atoms with E-state index in [-0.39, 0.29) is 18.4 Å². The molecule has 0 aliphatic carbocycles. The maximum absolute atomic E-state index is 12.7. The number of nitrogen functional groups attached to an aromatic ring is 1.